The first-order valence-electron chi connectivity index (χ1n) is 14.7. The number of rotatable bonds is 6. The van der Waals surface area contributed by atoms with Crippen molar-refractivity contribution in [3.05, 3.63) is 150 Å². The molecule has 7 rings (SSSR count). The van der Waals surface area contributed by atoms with E-state index in [2.05, 4.69) is 65.4 Å². The van der Waals surface area contributed by atoms with Crippen LogP contribution in [0.25, 0.3) is 27.8 Å². The van der Waals surface area contributed by atoms with Gasteiger partial charge in [0.05, 0.1) is 28.5 Å². The maximum Gasteiger partial charge on any atom is 0.338 e. The number of hydrogen-bond donors (Lipinski definition) is 0. The average molecular weight is 598 g/mol. The molecule has 6 nitrogen and oxygen atoms in total. The molecule has 3 heterocycles. The van der Waals surface area contributed by atoms with Crippen LogP contribution in [-0.4, -0.2) is 21.7 Å². The highest BCUT2D eigenvalue weighted by Gasteiger charge is 2.33. The molecule has 6 aromatic rings. The predicted molar refractivity (Wildman–Crippen MR) is 177 cm³/mol. The predicted octanol–water partition coefficient (Wildman–Crippen LogP) is 6.26. The van der Waals surface area contributed by atoms with E-state index in [1.54, 1.807) is 11.5 Å². The van der Waals surface area contributed by atoms with E-state index in [1.165, 1.54) is 27.7 Å². The summed E-state index contributed by atoms with van der Waals surface area (Å²) in [6.45, 7) is 6.55. The molecule has 0 N–H and O–H groups in total. The number of para-hydroxylation sites is 1. The summed E-state index contributed by atoms with van der Waals surface area (Å²) in [6.07, 6.45) is 4.07. The smallest absolute Gasteiger partial charge is 0.338 e. The molecule has 1 aliphatic heterocycles. The molecule has 1 atom stereocenters. The van der Waals surface area contributed by atoms with Crippen LogP contribution < -0.4 is 14.9 Å². The van der Waals surface area contributed by atoms with Gasteiger partial charge in [-0.05, 0) is 60.9 Å². The third-order valence-corrected chi connectivity index (χ3v) is 9.17. The summed E-state index contributed by atoms with van der Waals surface area (Å²) in [7, 11) is 0. The first kappa shape index (κ1) is 27.8. The van der Waals surface area contributed by atoms with Crippen LogP contribution >= 0.6 is 11.3 Å². The van der Waals surface area contributed by atoms with Crippen LogP contribution in [0.4, 0.5) is 0 Å². The highest BCUT2D eigenvalue weighted by atomic mass is 32.1. The molecule has 0 bridgehead atoms. The van der Waals surface area contributed by atoms with Gasteiger partial charge in [0, 0.05) is 29.2 Å². The van der Waals surface area contributed by atoms with Gasteiger partial charge in [-0.1, -0.05) is 95.8 Å². The van der Waals surface area contributed by atoms with E-state index in [-0.39, 0.29) is 12.2 Å². The molecular formula is C37H31N3O3S. The second-order valence-corrected chi connectivity index (χ2v) is 12.1. The molecule has 0 saturated carbocycles. The maximum absolute atomic E-state index is 14.2. The number of esters is 1. The second-order valence-electron chi connectivity index (χ2n) is 11.1. The number of hydrogen-bond acceptors (Lipinski definition) is 5. The molecule has 44 heavy (non-hydrogen) atoms. The van der Waals surface area contributed by atoms with Gasteiger partial charge < -0.3 is 9.30 Å². The van der Waals surface area contributed by atoms with Gasteiger partial charge in [-0.3, -0.25) is 9.36 Å². The number of thiazole rings is 1. The minimum Gasteiger partial charge on any atom is -0.463 e. The van der Waals surface area contributed by atoms with Gasteiger partial charge in [0.15, 0.2) is 4.80 Å². The third kappa shape index (κ3) is 4.89. The van der Waals surface area contributed by atoms with E-state index in [9.17, 15) is 9.59 Å². The fourth-order valence-electron chi connectivity index (χ4n) is 6.05. The van der Waals surface area contributed by atoms with Crippen molar-refractivity contribution in [1.29, 1.82) is 0 Å². The minimum absolute atomic E-state index is 0.181. The normalized spacial score (nSPS) is 15.1. The number of benzene rings is 4. The van der Waals surface area contributed by atoms with Crippen molar-refractivity contribution in [1.82, 2.24) is 9.13 Å². The van der Waals surface area contributed by atoms with Gasteiger partial charge in [0.1, 0.15) is 0 Å². The van der Waals surface area contributed by atoms with Crippen LogP contribution in [0, 0.1) is 6.92 Å². The zero-order valence-corrected chi connectivity index (χ0v) is 25.6. The van der Waals surface area contributed by atoms with Crippen LogP contribution in [-0.2, 0) is 16.1 Å². The fraction of sp³-hybridized carbons (Fsp3) is 0.162. The second kappa shape index (κ2) is 11.2. The summed E-state index contributed by atoms with van der Waals surface area (Å²) in [5.74, 6) is -0.453. The van der Waals surface area contributed by atoms with E-state index in [1.807, 2.05) is 56.3 Å². The van der Waals surface area contributed by atoms with Crippen molar-refractivity contribution in [3.63, 3.8) is 0 Å². The molecule has 0 saturated heterocycles. The number of ether oxygens (including phenoxy) is 1. The Hall–Kier alpha value is -5.01. The number of carbonyl (C=O) groups excluding carboxylic acids is 1. The lowest BCUT2D eigenvalue weighted by molar-refractivity contribution is -0.139. The van der Waals surface area contributed by atoms with Crippen molar-refractivity contribution < 1.29 is 9.53 Å². The van der Waals surface area contributed by atoms with E-state index < -0.39 is 12.0 Å². The third-order valence-electron chi connectivity index (χ3n) is 8.18. The van der Waals surface area contributed by atoms with Crippen LogP contribution in [0.3, 0.4) is 0 Å². The molecule has 0 amide bonds. The Bertz CT molecular complexity index is 2290. The molecule has 2 aromatic heterocycles. The first-order chi connectivity index (χ1) is 21.4. The van der Waals surface area contributed by atoms with Gasteiger partial charge in [0.25, 0.3) is 5.56 Å². The van der Waals surface area contributed by atoms with Crippen LogP contribution in [0.5, 0.6) is 0 Å². The molecule has 7 heteroatoms. The van der Waals surface area contributed by atoms with Crippen molar-refractivity contribution in [2.75, 3.05) is 6.61 Å². The van der Waals surface area contributed by atoms with Crippen LogP contribution in [0.1, 0.15) is 42.1 Å². The number of fused-ring (bicyclic) bond motifs is 3. The Morgan fingerprint density at radius 2 is 1.70 bits per heavy atom. The quantitative estimate of drug-likeness (QED) is 0.213. The summed E-state index contributed by atoms with van der Waals surface area (Å²) in [5.41, 5.74) is 5.97. The number of aromatic nitrogens is 2. The number of allylic oxidation sites excluding steroid dienone is 1. The molecule has 0 spiro atoms. The van der Waals surface area contributed by atoms with Gasteiger partial charge in [-0.15, -0.1) is 0 Å². The van der Waals surface area contributed by atoms with Crippen molar-refractivity contribution in [2.45, 2.75) is 33.4 Å². The molecule has 1 aliphatic rings. The number of aryl methyl sites for hydroxylation is 1. The fourth-order valence-corrected chi connectivity index (χ4v) is 7.09. The molecule has 0 fully saturated rings. The summed E-state index contributed by atoms with van der Waals surface area (Å²) >= 11 is 1.35. The summed E-state index contributed by atoms with van der Waals surface area (Å²) in [5, 5.41) is 3.50. The lowest BCUT2D eigenvalue weighted by Gasteiger charge is -2.24. The Kier molecular flexibility index (Phi) is 7.10. The summed E-state index contributed by atoms with van der Waals surface area (Å²) in [6, 6.07) is 30.5. The van der Waals surface area contributed by atoms with Gasteiger partial charge in [-0.25, -0.2) is 9.79 Å². The van der Waals surface area contributed by atoms with Crippen LogP contribution in [0.2, 0.25) is 0 Å². The zero-order valence-electron chi connectivity index (χ0n) is 24.8. The first-order valence-corrected chi connectivity index (χ1v) is 15.5. The minimum atomic E-state index is -0.623. The largest absolute Gasteiger partial charge is 0.463 e. The average Bonchev–Trinajstić information content (AvgIpc) is 3.53. The Morgan fingerprint density at radius 3 is 2.50 bits per heavy atom. The molecule has 0 unspecified atom stereocenters. The highest BCUT2D eigenvalue weighted by molar-refractivity contribution is 7.07. The number of carbonyl (C=O) groups is 1. The zero-order chi connectivity index (χ0) is 30.4. The lowest BCUT2D eigenvalue weighted by Crippen LogP contribution is -2.39. The van der Waals surface area contributed by atoms with E-state index in [0.29, 0.717) is 27.1 Å². The Morgan fingerprint density at radius 1 is 0.955 bits per heavy atom. The molecule has 4 aromatic carbocycles. The Labute approximate surface area is 258 Å². The molecule has 0 radical (unpaired) electrons. The van der Waals surface area contributed by atoms with E-state index in [0.717, 1.165) is 27.6 Å². The number of nitrogens with zero attached hydrogens (tertiary/aromatic N) is 3. The topological polar surface area (TPSA) is 65.6 Å². The highest BCUT2D eigenvalue weighted by Crippen LogP contribution is 2.31. The van der Waals surface area contributed by atoms with Crippen LogP contribution in [0.15, 0.2) is 118 Å². The Balaban J connectivity index is 1.36. The maximum atomic E-state index is 14.2. The standard InChI is InChI=1S/C37H31N3O3S/c1-4-43-36(42)33-24(3)38-37-40(34(33)27-16-13-23(2)14-17-27)35(41)32(44-37)20-29-22-39(31-12-8-7-11-30(29)31)21-25-15-18-26-9-5-6-10-28(26)19-25/h5-20,22,34H,4,21H2,1-3H3/b32-20+/t34-/m0/s1. The summed E-state index contributed by atoms with van der Waals surface area (Å²) in [4.78, 5) is 32.6. The molecular weight excluding hydrogens is 566 g/mol. The monoisotopic (exact) mass is 597 g/mol. The van der Waals surface area contributed by atoms with Crippen molar-refractivity contribution in [2.24, 2.45) is 4.99 Å². The summed E-state index contributed by atoms with van der Waals surface area (Å²) < 4.78 is 9.88. The van der Waals surface area contributed by atoms with E-state index >= 15 is 0 Å². The molecule has 218 valence electrons. The van der Waals surface area contributed by atoms with Gasteiger partial charge in [0.2, 0.25) is 0 Å². The van der Waals surface area contributed by atoms with E-state index in [4.69, 9.17) is 9.73 Å². The van der Waals surface area contributed by atoms with Gasteiger partial charge >= 0.3 is 5.97 Å². The van der Waals surface area contributed by atoms with Crippen molar-refractivity contribution >= 4 is 45.1 Å². The lowest BCUT2D eigenvalue weighted by atomic mass is 9.95. The SMILES string of the molecule is CCOC(=O)C1=C(C)N=c2s/c(=C/c3cn(Cc4ccc5ccccc5c4)c4ccccc34)c(=O)n2[C@H]1c1ccc(C)cc1. The van der Waals surface area contributed by atoms with Crippen molar-refractivity contribution in [3.8, 4) is 0 Å². The van der Waals surface area contributed by atoms with Gasteiger partial charge in [-0.2, -0.15) is 0 Å². The molecule has 0 aliphatic carbocycles.